The van der Waals surface area contributed by atoms with Crippen LogP contribution in [-0.4, -0.2) is 60.6 Å². The smallest absolute Gasteiger partial charge is 0.407 e. The Morgan fingerprint density at radius 2 is 2.00 bits per heavy atom. The molecule has 0 saturated carbocycles. The minimum absolute atomic E-state index is 0.0115. The summed E-state index contributed by atoms with van der Waals surface area (Å²) >= 11 is 0. The molecule has 0 unspecified atom stereocenters. The number of piperidine rings is 1. The lowest BCUT2D eigenvalue weighted by atomic mass is 10.1. The number of hydrogen-bond donors (Lipinski definition) is 1. The minimum atomic E-state index is -3.65. The summed E-state index contributed by atoms with van der Waals surface area (Å²) in [4.78, 5) is 18.1. The Morgan fingerprint density at radius 3 is 2.64 bits per heavy atom. The fourth-order valence-electron chi connectivity index (χ4n) is 3.17. The van der Waals surface area contributed by atoms with E-state index in [0.717, 1.165) is 10.2 Å². The van der Waals surface area contributed by atoms with E-state index in [-0.39, 0.29) is 25.5 Å². The summed E-state index contributed by atoms with van der Waals surface area (Å²) in [6.07, 6.45) is -1.88. The molecule has 3 rings (SSSR count). The number of carbonyl (C=O) groups excluding carboxylic acids is 1. The maximum atomic E-state index is 14.4. The number of nitrogens with zero attached hydrogens (tertiary/aromatic N) is 3. The van der Waals surface area contributed by atoms with Crippen molar-refractivity contribution in [3.63, 3.8) is 0 Å². The van der Waals surface area contributed by atoms with Gasteiger partial charge >= 0.3 is 6.09 Å². The molecule has 2 heterocycles. The van der Waals surface area contributed by atoms with E-state index >= 15 is 0 Å². The van der Waals surface area contributed by atoms with Crippen LogP contribution >= 0.6 is 0 Å². The number of alkyl carbamates (subject to hydrolysis) is 1. The van der Waals surface area contributed by atoms with Crippen LogP contribution in [0.2, 0.25) is 0 Å². The van der Waals surface area contributed by atoms with E-state index in [1.807, 2.05) is 0 Å². The molecule has 1 N–H and O–H groups in total. The van der Waals surface area contributed by atoms with Crippen LogP contribution in [0.1, 0.15) is 27.2 Å². The van der Waals surface area contributed by atoms with E-state index in [0.29, 0.717) is 11.0 Å². The lowest BCUT2D eigenvalue weighted by Gasteiger charge is -2.35. The molecular weight excluding hydrogens is 387 g/mol. The van der Waals surface area contributed by atoms with E-state index in [4.69, 9.17) is 4.74 Å². The molecule has 8 nitrogen and oxygen atoms in total. The second-order valence-corrected chi connectivity index (χ2v) is 9.83. The summed E-state index contributed by atoms with van der Waals surface area (Å²) in [6, 6.07) is 6.88. The second-order valence-electron chi connectivity index (χ2n) is 8.00. The van der Waals surface area contributed by atoms with Crippen molar-refractivity contribution < 1.29 is 22.3 Å². The summed E-state index contributed by atoms with van der Waals surface area (Å²) in [7, 11) is -3.65. The Kier molecular flexibility index (Phi) is 5.26. The van der Waals surface area contributed by atoms with Crippen LogP contribution in [0, 0.1) is 0 Å². The fourth-order valence-corrected chi connectivity index (χ4v) is 4.14. The number of anilines is 1. The number of benzene rings is 1. The van der Waals surface area contributed by atoms with Gasteiger partial charge in [-0.15, -0.1) is 0 Å². The minimum Gasteiger partial charge on any atom is -0.441 e. The Labute approximate surface area is 163 Å². The third kappa shape index (κ3) is 4.37. The Morgan fingerprint density at radius 1 is 1.32 bits per heavy atom. The molecular formula is C18H25FN4O4S. The zero-order valence-electron chi connectivity index (χ0n) is 16.3. The number of amides is 1. The number of carbonyl (C=O) groups is 1. The number of nitrogens with one attached hydrogen (secondary N) is 1. The second kappa shape index (κ2) is 7.23. The highest BCUT2D eigenvalue weighted by Crippen LogP contribution is 2.28. The Balaban J connectivity index is 1.89. The van der Waals surface area contributed by atoms with Gasteiger partial charge in [0, 0.05) is 12.1 Å². The van der Waals surface area contributed by atoms with Crippen LogP contribution < -0.4 is 10.2 Å². The first-order valence-corrected chi connectivity index (χ1v) is 10.9. The van der Waals surface area contributed by atoms with Gasteiger partial charge < -0.3 is 15.0 Å². The number of fused-ring (bicyclic) bond motifs is 1. The molecule has 1 saturated heterocycles. The molecule has 1 aromatic heterocycles. The van der Waals surface area contributed by atoms with Crippen LogP contribution in [0.3, 0.4) is 0 Å². The number of hydrogen-bond acceptors (Lipinski definition) is 6. The van der Waals surface area contributed by atoms with Crippen LogP contribution in [0.5, 0.6) is 0 Å². The SMILES string of the molecule is CC(C)(C)NC(=O)O[C@@H]1CN(c2nc3ccccc3n2S(C)(=O)=O)CC[C@H]1F. The molecule has 28 heavy (non-hydrogen) atoms. The summed E-state index contributed by atoms with van der Waals surface area (Å²) in [5.41, 5.74) is 0.458. The Hall–Kier alpha value is -2.36. The van der Waals surface area contributed by atoms with Gasteiger partial charge in [0.15, 0.2) is 6.10 Å². The molecule has 1 amide bonds. The molecule has 154 valence electrons. The van der Waals surface area contributed by atoms with Gasteiger partial charge in [-0.25, -0.2) is 26.6 Å². The van der Waals surface area contributed by atoms with Crippen LogP contribution in [0.4, 0.5) is 15.1 Å². The Bertz CT molecular complexity index is 983. The van der Waals surface area contributed by atoms with Crippen molar-refractivity contribution in [1.82, 2.24) is 14.3 Å². The first-order valence-electron chi connectivity index (χ1n) is 9.01. The van der Waals surface area contributed by atoms with E-state index in [1.54, 1.807) is 49.9 Å². The maximum absolute atomic E-state index is 14.4. The lowest BCUT2D eigenvalue weighted by Crippen LogP contribution is -2.51. The average Bonchev–Trinajstić information content (AvgIpc) is 2.94. The van der Waals surface area contributed by atoms with E-state index in [9.17, 15) is 17.6 Å². The summed E-state index contributed by atoms with van der Waals surface area (Å²) in [5.74, 6) is 0.195. The first kappa shape index (κ1) is 20.4. The van der Waals surface area contributed by atoms with Crippen LogP contribution in [0.25, 0.3) is 11.0 Å². The highest BCUT2D eigenvalue weighted by Gasteiger charge is 2.35. The van der Waals surface area contributed by atoms with Crippen molar-refractivity contribution in [3.05, 3.63) is 24.3 Å². The number of alkyl halides is 1. The van der Waals surface area contributed by atoms with Gasteiger partial charge in [-0.05, 0) is 39.3 Å². The molecule has 0 bridgehead atoms. The molecule has 1 aliphatic heterocycles. The lowest BCUT2D eigenvalue weighted by molar-refractivity contribution is 0.0320. The largest absolute Gasteiger partial charge is 0.441 e. The number of imidazole rings is 1. The zero-order valence-corrected chi connectivity index (χ0v) is 17.2. The van der Waals surface area contributed by atoms with Crippen molar-refractivity contribution in [3.8, 4) is 0 Å². The standard InChI is InChI=1S/C18H25FN4O4S/c1-18(2,3)21-17(24)27-15-11-22(10-9-12(15)19)16-20-13-7-5-6-8-14(13)23(16)28(4,25)26/h5-8,12,15H,9-11H2,1-4H3,(H,21,24)/t12-,15-/m1/s1. The van der Waals surface area contributed by atoms with Crippen molar-refractivity contribution in [1.29, 1.82) is 0 Å². The van der Waals surface area contributed by atoms with Gasteiger partial charge in [0.2, 0.25) is 16.0 Å². The highest BCUT2D eigenvalue weighted by molar-refractivity contribution is 7.89. The summed E-state index contributed by atoms with van der Waals surface area (Å²) in [5, 5.41) is 2.64. The zero-order chi connectivity index (χ0) is 20.7. The number of aromatic nitrogens is 2. The van der Waals surface area contributed by atoms with Gasteiger partial charge in [0.1, 0.15) is 6.17 Å². The van der Waals surface area contributed by atoms with Crippen molar-refractivity contribution >= 4 is 33.1 Å². The summed E-state index contributed by atoms with van der Waals surface area (Å²) < 4.78 is 45.6. The molecule has 0 aliphatic carbocycles. The molecule has 0 radical (unpaired) electrons. The molecule has 1 aromatic carbocycles. The quantitative estimate of drug-likeness (QED) is 0.831. The topological polar surface area (TPSA) is 93.5 Å². The maximum Gasteiger partial charge on any atom is 0.407 e. The molecule has 1 fully saturated rings. The highest BCUT2D eigenvalue weighted by atomic mass is 32.2. The molecule has 2 aromatic rings. The van der Waals surface area contributed by atoms with E-state index in [1.165, 1.54) is 0 Å². The number of ether oxygens (including phenoxy) is 1. The van der Waals surface area contributed by atoms with Crippen LogP contribution in [0.15, 0.2) is 24.3 Å². The van der Waals surface area contributed by atoms with Gasteiger partial charge in [0.25, 0.3) is 0 Å². The predicted molar refractivity (Wildman–Crippen MR) is 105 cm³/mol. The van der Waals surface area contributed by atoms with E-state index < -0.39 is 33.9 Å². The van der Waals surface area contributed by atoms with Gasteiger partial charge in [0.05, 0.1) is 23.8 Å². The molecule has 10 heteroatoms. The molecule has 1 aliphatic rings. The van der Waals surface area contributed by atoms with Crippen molar-refractivity contribution in [2.75, 3.05) is 24.2 Å². The van der Waals surface area contributed by atoms with Crippen molar-refractivity contribution in [2.24, 2.45) is 0 Å². The first-order chi connectivity index (χ1) is 13.0. The average molecular weight is 412 g/mol. The molecule has 0 spiro atoms. The number of para-hydroxylation sites is 2. The van der Waals surface area contributed by atoms with Crippen LogP contribution in [-0.2, 0) is 14.8 Å². The predicted octanol–water partition coefficient (Wildman–Crippen LogP) is 2.29. The molecule has 2 atom stereocenters. The number of rotatable bonds is 3. The van der Waals surface area contributed by atoms with Gasteiger partial charge in [-0.1, -0.05) is 12.1 Å². The van der Waals surface area contributed by atoms with Gasteiger partial charge in [-0.2, -0.15) is 0 Å². The third-order valence-electron chi connectivity index (χ3n) is 4.33. The van der Waals surface area contributed by atoms with Crippen molar-refractivity contribution in [2.45, 2.75) is 45.0 Å². The number of halogens is 1. The fraction of sp³-hybridized carbons (Fsp3) is 0.556. The monoisotopic (exact) mass is 412 g/mol. The third-order valence-corrected chi connectivity index (χ3v) is 5.35. The normalized spacial score (nSPS) is 21.0. The summed E-state index contributed by atoms with van der Waals surface area (Å²) in [6.45, 7) is 5.66. The van der Waals surface area contributed by atoms with E-state index in [2.05, 4.69) is 10.3 Å². The van der Waals surface area contributed by atoms with Gasteiger partial charge in [-0.3, -0.25) is 0 Å².